The number of unbranched alkanes of at least 4 members (excludes halogenated alkanes) is 12. The summed E-state index contributed by atoms with van der Waals surface area (Å²) in [5.74, 6) is -0.228. The third kappa shape index (κ3) is 29.1. The molecule has 2 rings (SSSR count). The zero-order chi connectivity index (χ0) is 52.4. The molecule has 2 heterocycles. The number of carbonyl (C=O) groups is 1. The molecule has 72 heavy (non-hydrogen) atoms. The lowest BCUT2D eigenvalue weighted by atomic mass is 9.97. The van der Waals surface area contributed by atoms with Crippen LogP contribution in [0.15, 0.2) is 97.2 Å². The van der Waals surface area contributed by atoms with Gasteiger partial charge in [0.1, 0.15) is 48.8 Å². The van der Waals surface area contributed by atoms with E-state index in [1.807, 2.05) is 0 Å². The Morgan fingerprint density at radius 1 is 0.514 bits per heavy atom. The van der Waals surface area contributed by atoms with E-state index < -0.39 is 86.8 Å². The molecule has 2 aliphatic rings. The van der Waals surface area contributed by atoms with Gasteiger partial charge in [-0.2, -0.15) is 0 Å². The topological polar surface area (TPSA) is 228 Å². The van der Waals surface area contributed by atoms with Crippen LogP contribution in [0.5, 0.6) is 0 Å². The van der Waals surface area contributed by atoms with Crippen LogP contribution in [0.2, 0.25) is 0 Å². The highest BCUT2D eigenvalue weighted by molar-refractivity contribution is 5.76. The standard InChI is InChI=1S/C58H97NO13/c1-3-5-7-9-10-11-12-13-14-15-16-17-18-19-20-21-22-23-24-25-26-27-28-29-30-31-32-33-34-35-36-38-40-42-50(63)59-46(47(62)41-39-37-8-6-4-2)45-69-57-55(68)53(66)56(49(44-61)71-57)72-58-54(67)52(65)51(64)48(43-60)70-58/h5,7,10-11,13-14,16-17,19-20,22-23,25-26,28-29,46-49,51-58,60-62,64-68H,3-4,6,8-9,12,15,18,21,24,27,30-45H2,1-2H3,(H,59,63)/b7-5-,11-10-,14-13-,17-16-,20-19-,23-22-,26-25-,29-28-. The zero-order valence-electron chi connectivity index (χ0n) is 43.9. The van der Waals surface area contributed by atoms with Gasteiger partial charge in [0, 0.05) is 6.42 Å². The van der Waals surface area contributed by atoms with Crippen LogP contribution in [-0.4, -0.2) is 140 Å². The number of hydrogen-bond acceptors (Lipinski definition) is 13. The third-order valence-electron chi connectivity index (χ3n) is 12.8. The summed E-state index contributed by atoms with van der Waals surface area (Å²) >= 11 is 0. The van der Waals surface area contributed by atoms with Gasteiger partial charge in [0.05, 0.1) is 32.0 Å². The highest BCUT2D eigenvalue weighted by Gasteiger charge is 2.51. The Morgan fingerprint density at radius 2 is 0.958 bits per heavy atom. The molecule has 14 heteroatoms. The molecule has 0 bridgehead atoms. The van der Waals surface area contributed by atoms with E-state index in [2.05, 4.69) is 116 Å². The summed E-state index contributed by atoms with van der Waals surface area (Å²) in [6.45, 7) is 2.60. The summed E-state index contributed by atoms with van der Waals surface area (Å²) in [6, 6.07) is -0.836. The Bertz CT molecular complexity index is 1570. The minimum absolute atomic E-state index is 0.228. The second kappa shape index (κ2) is 43.2. The monoisotopic (exact) mass is 1020 g/mol. The maximum Gasteiger partial charge on any atom is 0.220 e. The lowest BCUT2D eigenvalue weighted by molar-refractivity contribution is -0.359. The molecule has 12 atom stereocenters. The predicted molar refractivity (Wildman–Crippen MR) is 286 cm³/mol. The van der Waals surface area contributed by atoms with Crippen molar-refractivity contribution in [2.45, 2.75) is 242 Å². The zero-order valence-corrected chi connectivity index (χ0v) is 43.9. The fourth-order valence-corrected chi connectivity index (χ4v) is 8.37. The molecule has 412 valence electrons. The number of hydrogen-bond donors (Lipinski definition) is 9. The number of amides is 1. The van der Waals surface area contributed by atoms with Crippen molar-refractivity contribution in [1.29, 1.82) is 0 Å². The first-order chi connectivity index (χ1) is 35.1. The summed E-state index contributed by atoms with van der Waals surface area (Å²) in [5, 5.41) is 86.4. The van der Waals surface area contributed by atoms with Crippen molar-refractivity contribution < 1.29 is 64.6 Å². The van der Waals surface area contributed by atoms with Gasteiger partial charge in [-0.05, 0) is 77.0 Å². The molecule has 9 N–H and O–H groups in total. The van der Waals surface area contributed by atoms with Crippen molar-refractivity contribution in [2.24, 2.45) is 0 Å². The number of aliphatic hydroxyl groups is 8. The molecule has 0 aromatic heterocycles. The van der Waals surface area contributed by atoms with Gasteiger partial charge >= 0.3 is 0 Å². The van der Waals surface area contributed by atoms with E-state index in [1.54, 1.807) is 0 Å². The average molecular weight is 1020 g/mol. The van der Waals surface area contributed by atoms with Gasteiger partial charge in [-0.15, -0.1) is 0 Å². The van der Waals surface area contributed by atoms with Gasteiger partial charge < -0.3 is 65.1 Å². The Kier molecular flexibility index (Phi) is 39.0. The molecular formula is C58H97NO13. The van der Waals surface area contributed by atoms with Crippen LogP contribution < -0.4 is 5.32 Å². The van der Waals surface area contributed by atoms with Crippen molar-refractivity contribution in [2.75, 3.05) is 19.8 Å². The highest BCUT2D eigenvalue weighted by atomic mass is 16.7. The third-order valence-corrected chi connectivity index (χ3v) is 12.8. The Morgan fingerprint density at radius 3 is 1.47 bits per heavy atom. The summed E-state index contributed by atoms with van der Waals surface area (Å²) in [4.78, 5) is 13.1. The predicted octanol–water partition coefficient (Wildman–Crippen LogP) is 8.32. The van der Waals surface area contributed by atoms with Gasteiger partial charge in [-0.3, -0.25) is 4.79 Å². The molecule has 14 nitrogen and oxygen atoms in total. The van der Waals surface area contributed by atoms with Crippen LogP contribution >= 0.6 is 0 Å². The Balaban J connectivity index is 1.60. The maximum atomic E-state index is 13.1. The smallest absolute Gasteiger partial charge is 0.220 e. The van der Waals surface area contributed by atoms with Crippen LogP contribution in [0, 0.1) is 0 Å². The van der Waals surface area contributed by atoms with Crippen molar-refractivity contribution in [3.63, 3.8) is 0 Å². The molecule has 2 fully saturated rings. The molecule has 2 saturated heterocycles. The molecule has 1 amide bonds. The normalized spacial score (nSPS) is 26.4. The first-order valence-corrected chi connectivity index (χ1v) is 27.5. The summed E-state index contributed by atoms with van der Waals surface area (Å²) in [6.07, 6.45) is 42.0. The van der Waals surface area contributed by atoms with Crippen LogP contribution in [0.1, 0.15) is 168 Å². The summed E-state index contributed by atoms with van der Waals surface area (Å²) in [7, 11) is 0. The van der Waals surface area contributed by atoms with Crippen molar-refractivity contribution in [3.8, 4) is 0 Å². The van der Waals surface area contributed by atoms with E-state index in [1.165, 1.54) is 25.7 Å². The second-order valence-corrected chi connectivity index (χ2v) is 19.0. The van der Waals surface area contributed by atoms with Gasteiger partial charge in [0.25, 0.3) is 0 Å². The van der Waals surface area contributed by atoms with E-state index in [9.17, 15) is 45.6 Å². The molecule has 2 aliphatic heterocycles. The molecular weight excluding hydrogens is 919 g/mol. The van der Waals surface area contributed by atoms with E-state index in [4.69, 9.17) is 18.9 Å². The first-order valence-electron chi connectivity index (χ1n) is 27.5. The van der Waals surface area contributed by atoms with Gasteiger partial charge in [-0.1, -0.05) is 182 Å². The van der Waals surface area contributed by atoms with Crippen molar-refractivity contribution in [1.82, 2.24) is 5.32 Å². The average Bonchev–Trinajstić information content (AvgIpc) is 3.38. The second-order valence-electron chi connectivity index (χ2n) is 19.0. The highest BCUT2D eigenvalue weighted by Crippen LogP contribution is 2.30. The summed E-state index contributed by atoms with van der Waals surface area (Å²) in [5.41, 5.74) is 0. The lowest BCUT2D eigenvalue weighted by Crippen LogP contribution is -2.65. The van der Waals surface area contributed by atoms with Crippen molar-refractivity contribution >= 4 is 5.91 Å². The summed E-state index contributed by atoms with van der Waals surface area (Å²) < 4.78 is 22.6. The molecule has 0 radical (unpaired) electrons. The Hall–Kier alpha value is -3.09. The number of rotatable bonds is 41. The van der Waals surface area contributed by atoms with E-state index in [-0.39, 0.29) is 18.9 Å². The minimum atomic E-state index is -1.78. The first kappa shape index (κ1) is 65.0. The lowest BCUT2D eigenvalue weighted by Gasteiger charge is -2.46. The fourth-order valence-electron chi connectivity index (χ4n) is 8.37. The van der Waals surface area contributed by atoms with Crippen LogP contribution in [0.3, 0.4) is 0 Å². The number of aliphatic hydroxyl groups excluding tert-OH is 8. The van der Waals surface area contributed by atoms with E-state index >= 15 is 0 Å². The number of nitrogens with one attached hydrogen (secondary N) is 1. The van der Waals surface area contributed by atoms with Gasteiger partial charge in [0.2, 0.25) is 5.91 Å². The number of carbonyl (C=O) groups excluding carboxylic acids is 1. The molecule has 0 aliphatic carbocycles. The van der Waals surface area contributed by atoms with Crippen LogP contribution in [0.25, 0.3) is 0 Å². The molecule has 0 spiro atoms. The van der Waals surface area contributed by atoms with Crippen molar-refractivity contribution in [3.05, 3.63) is 97.2 Å². The molecule has 0 aromatic carbocycles. The minimum Gasteiger partial charge on any atom is -0.394 e. The Labute approximate surface area is 433 Å². The van der Waals surface area contributed by atoms with E-state index in [0.29, 0.717) is 12.8 Å². The number of ether oxygens (including phenoxy) is 4. The SMILES string of the molecule is CC/C=C\C/C=C\C/C=C\C/C=C\C/C=C\C/C=C\C/C=C\C/C=C\CCCCCCCCCCC(=O)NC(COC1OC(CO)C(OC2OC(CO)C(O)C(O)C2O)C(O)C1O)C(O)CCCCCCC. The van der Waals surface area contributed by atoms with Crippen LogP contribution in [-0.2, 0) is 23.7 Å². The largest absolute Gasteiger partial charge is 0.394 e. The molecule has 0 saturated carbocycles. The number of allylic oxidation sites excluding steroid dienone is 16. The van der Waals surface area contributed by atoms with Crippen LogP contribution in [0.4, 0.5) is 0 Å². The maximum absolute atomic E-state index is 13.1. The van der Waals surface area contributed by atoms with Gasteiger partial charge in [0.15, 0.2) is 12.6 Å². The quantitative estimate of drug-likeness (QED) is 0.0208. The molecule has 12 unspecified atom stereocenters. The van der Waals surface area contributed by atoms with Gasteiger partial charge in [-0.25, -0.2) is 0 Å². The van der Waals surface area contributed by atoms with E-state index in [0.717, 1.165) is 109 Å². The fraction of sp³-hybridized carbons (Fsp3) is 0.707. The molecule has 0 aromatic rings.